The van der Waals surface area contributed by atoms with Crippen LogP contribution in [0.15, 0.2) is 82.8 Å². The van der Waals surface area contributed by atoms with Crippen molar-refractivity contribution in [1.29, 1.82) is 0 Å². The van der Waals surface area contributed by atoms with Crippen LogP contribution in [0.3, 0.4) is 0 Å². The number of anilines is 2. The summed E-state index contributed by atoms with van der Waals surface area (Å²) in [7, 11) is -4.10. The second-order valence-corrected chi connectivity index (χ2v) is 10.1. The van der Waals surface area contributed by atoms with Gasteiger partial charge in [0.15, 0.2) is 0 Å². The summed E-state index contributed by atoms with van der Waals surface area (Å²) < 4.78 is 33.9. The molecule has 2 N–H and O–H groups in total. The van der Waals surface area contributed by atoms with E-state index in [0.29, 0.717) is 23.8 Å². The monoisotopic (exact) mass is 522 g/mol. The summed E-state index contributed by atoms with van der Waals surface area (Å²) in [6.45, 7) is 6.59. The highest BCUT2D eigenvalue weighted by Gasteiger charge is 2.29. The Kier molecular flexibility index (Phi) is 9.02. The summed E-state index contributed by atoms with van der Waals surface area (Å²) in [5, 5.41) is 6.82. The Bertz CT molecular complexity index is 1390. The summed E-state index contributed by atoms with van der Waals surface area (Å²) in [5.41, 5.74) is 5.46. The number of nitrogens with zero attached hydrogens (tertiary/aromatic N) is 2. The van der Waals surface area contributed by atoms with Gasteiger partial charge in [-0.1, -0.05) is 42.0 Å². The zero-order valence-electron chi connectivity index (χ0n) is 21.2. The Morgan fingerprint density at radius 3 is 2.22 bits per heavy atom. The third-order valence-corrected chi connectivity index (χ3v) is 7.08. The van der Waals surface area contributed by atoms with E-state index in [-0.39, 0.29) is 16.5 Å². The summed E-state index contributed by atoms with van der Waals surface area (Å²) in [4.78, 5) is 24.2. The molecule has 0 fully saturated rings. The van der Waals surface area contributed by atoms with Gasteiger partial charge in [-0.2, -0.15) is 5.10 Å². The van der Waals surface area contributed by atoms with Crippen molar-refractivity contribution >= 4 is 38.9 Å². The summed E-state index contributed by atoms with van der Waals surface area (Å²) >= 11 is 0. The molecule has 0 spiro atoms. The van der Waals surface area contributed by atoms with Gasteiger partial charge in [0, 0.05) is 12.6 Å². The highest BCUT2D eigenvalue weighted by Crippen LogP contribution is 2.32. The van der Waals surface area contributed by atoms with Gasteiger partial charge in [-0.05, 0) is 62.7 Å². The molecule has 0 aromatic heterocycles. The fourth-order valence-electron chi connectivity index (χ4n) is 3.45. The van der Waals surface area contributed by atoms with Crippen LogP contribution in [0.2, 0.25) is 0 Å². The molecule has 0 saturated carbocycles. The van der Waals surface area contributed by atoms with Gasteiger partial charge in [0.25, 0.3) is 15.9 Å². The van der Waals surface area contributed by atoms with Crippen molar-refractivity contribution in [2.45, 2.75) is 32.6 Å². The number of benzene rings is 3. The van der Waals surface area contributed by atoms with Crippen LogP contribution in [0.1, 0.15) is 31.9 Å². The van der Waals surface area contributed by atoms with E-state index in [1.807, 2.05) is 6.92 Å². The van der Waals surface area contributed by atoms with Crippen molar-refractivity contribution in [3.63, 3.8) is 0 Å². The molecule has 3 rings (SSSR count). The number of hydrazone groups is 1. The van der Waals surface area contributed by atoms with E-state index in [0.717, 1.165) is 15.4 Å². The SMILES string of the molecule is CCOc1ccccc1N(CC(=O)N/N=C(/C)c1ccc(NC(C)=O)cc1)S(=O)(=O)c1ccc(C)cc1. The number of carbonyl (C=O) groups excluding carboxylic acids is 2. The lowest BCUT2D eigenvalue weighted by molar-refractivity contribution is -0.119. The molecule has 0 unspecified atom stereocenters. The Morgan fingerprint density at radius 2 is 1.59 bits per heavy atom. The van der Waals surface area contributed by atoms with E-state index in [2.05, 4.69) is 15.8 Å². The molecule has 0 radical (unpaired) electrons. The third-order valence-electron chi connectivity index (χ3n) is 5.30. The van der Waals surface area contributed by atoms with Crippen molar-refractivity contribution in [2.24, 2.45) is 5.10 Å². The Balaban J connectivity index is 1.87. The first-order valence-corrected chi connectivity index (χ1v) is 13.1. The smallest absolute Gasteiger partial charge is 0.264 e. The lowest BCUT2D eigenvalue weighted by atomic mass is 10.1. The van der Waals surface area contributed by atoms with Gasteiger partial charge in [0.05, 0.1) is 22.9 Å². The van der Waals surface area contributed by atoms with Crippen LogP contribution in [-0.4, -0.2) is 39.1 Å². The van der Waals surface area contributed by atoms with Gasteiger partial charge in [0.1, 0.15) is 12.3 Å². The first-order chi connectivity index (χ1) is 17.6. The summed E-state index contributed by atoms with van der Waals surface area (Å²) in [6, 6.07) is 20.0. The molecule has 9 nitrogen and oxygen atoms in total. The number of amides is 2. The molecule has 194 valence electrons. The lowest BCUT2D eigenvalue weighted by Gasteiger charge is -2.25. The van der Waals surface area contributed by atoms with Crippen molar-refractivity contribution in [2.75, 3.05) is 22.8 Å². The fraction of sp³-hybridized carbons (Fsp3) is 0.222. The third kappa shape index (κ3) is 7.17. The molecule has 2 amide bonds. The average Bonchev–Trinajstić information content (AvgIpc) is 2.87. The number of aryl methyl sites for hydroxylation is 1. The van der Waals surface area contributed by atoms with E-state index >= 15 is 0 Å². The van der Waals surface area contributed by atoms with Gasteiger partial charge in [-0.3, -0.25) is 13.9 Å². The van der Waals surface area contributed by atoms with Crippen LogP contribution in [0.5, 0.6) is 5.75 Å². The predicted octanol–water partition coefficient (Wildman–Crippen LogP) is 4.09. The Labute approximate surface area is 217 Å². The standard InChI is InChI=1S/C27H30N4O5S/c1-5-36-26-9-7-6-8-25(26)31(37(34,35)24-16-10-19(2)11-17-24)18-27(33)30-29-20(3)22-12-14-23(15-13-22)28-21(4)32/h6-17H,5,18H2,1-4H3,(H,28,32)(H,30,33)/b29-20-. The van der Waals surface area contributed by atoms with E-state index < -0.39 is 22.5 Å². The van der Waals surface area contributed by atoms with Gasteiger partial charge in [-0.15, -0.1) is 0 Å². The maximum absolute atomic E-state index is 13.6. The van der Waals surface area contributed by atoms with Crippen molar-refractivity contribution in [1.82, 2.24) is 5.43 Å². The molecular formula is C27H30N4O5S. The van der Waals surface area contributed by atoms with Crippen LogP contribution in [-0.2, 0) is 19.6 Å². The molecular weight excluding hydrogens is 492 g/mol. The summed E-state index contributed by atoms with van der Waals surface area (Å²) in [5.74, 6) is -0.468. The van der Waals surface area contributed by atoms with Gasteiger partial charge in [0.2, 0.25) is 5.91 Å². The van der Waals surface area contributed by atoms with E-state index in [1.54, 1.807) is 74.5 Å². The van der Waals surface area contributed by atoms with Crippen molar-refractivity contribution in [3.05, 3.63) is 83.9 Å². The average molecular weight is 523 g/mol. The number of rotatable bonds is 10. The molecule has 0 aliphatic rings. The first kappa shape index (κ1) is 27.4. The minimum atomic E-state index is -4.10. The minimum Gasteiger partial charge on any atom is -0.492 e. The van der Waals surface area contributed by atoms with Crippen LogP contribution in [0, 0.1) is 6.92 Å². The molecule has 0 aliphatic heterocycles. The Morgan fingerprint density at radius 1 is 0.946 bits per heavy atom. The number of sulfonamides is 1. The van der Waals surface area contributed by atoms with Crippen LogP contribution in [0.25, 0.3) is 0 Å². The summed E-state index contributed by atoms with van der Waals surface area (Å²) in [6.07, 6.45) is 0. The highest BCUT2D eigenvalue weighted by atomic mass is 32.2. The molecule has 0 bridgehead atoms. The molecule has 37 heavy (non-hydrogen) atoms. The van der Waals surface area contributed by atoms with E-state index in [1.165, 1.54) is 19.1 Å². The molecule has 3 aromatic rings. The normalized spacial score (nSPS) is 11.5. The lowest BCUT2D eigenvalue weighted by Crippen LogP contribution is -2.40. The number of carbonyl (C=O) groups is 2. The van der Waals surface area contributed by atoms with Crippen LogP contribution >= 0.6 is 0 Å². The van der Waals surface area contributed by atoms with E-state index in [4.69, 9.17) is 4.74 Å². The number of hydrogen-bond acceptors (Lipinski definition) is 6. The second kappa shape index (κ2) is 12.2. The van der Waals surface area contributed by atoms with Crippen LogP contribution in [0.4, 0.5) is 11.4 Å². The zero-order valence-corrected chi connectivity index (χ0v) is 22.0. The maximum Gasteiger partial charge on any atom is 0.264 e. The maximum atomic E-state index is 13.6. The first-order valence-electron chi connectivity index (χ1n) is 11.6. The van der Waals surface area contributed by atoms with Gasteiger partial charge >= 0.3 is 0 Å². The number of nitrogens with one attached hydrogen (secondary N) is 2. The molecule has 10 heteroatoms. The number of para-hydroxylation sites is 2. The van der Waals surface area contributed by atoms with Gasteiger partial charge < -0.3 is 10.1 Å². The van der Waals surface area contributed by atoms with Crippen molar-refractivity contribution < 1.29 is 22.7 Å². The number of hydrogen-bond donors (Lipinski definition) is 2. The van der Waals surface area contributed by atoms with E-state index in [9.17, 15) is 18.0 Å². The largest absolute Gasteiger partial charge is 0.492 e. The highest BCUT2D eigenvalue weighted by molar-refractivity contribution is 7.92. The molecule has 0 heterocycles. The molecule has 0 aliphatic carbocycles. The fourth-order valence-corrected chi connectivity index (χ4v) is 4.88. The topological polar surface area (TPSA) is 117 Å². The predicted molar refractivity (Wildman–Crippen MR) is 144 cm³/mol. The van der Waals surface area contributed by atoms with Crippen LogP contribution < -0.4 is 19.8 Å². The molecule has 3 aromatic carbocycles. The molecule has 0 atom stereocenters. The number of ether oxygens (including phenoxy) is 1. The van der Waals surface area contributed by atoms with Gasteiger partial charge in [-0.25, -0.2) is 13.8 Å². The zero-order chi connectivity index (χ0) is 27.0. The Hall–Kier alpha value is -4.18. The quantitative estimate of drug-likeness (QED) is 0.307. The minimum absolute atomic E-state index is 0.0520. The second-order valence-electron chi connectivity index (χ2n) is 8.22. The molecule has 0 saturated heterocycles. The van der Waals surface area contributed by atoms with Crippen molar-refractivity contribution in [3.8, 4) is 5.75 Å².